The molecule has 0 aromatic carbocycles. The van der Waals surface area contributed by atoms with Gasteiger partial charge >= 0.3 is 0 Å². The van der Waals surface area contributed by atoms with E-state index in [4.69, 9.17) is 4.74 Å². The van der Waals surface area contributed by atoms with Crippen molar-refractivity contribution in [2.45, 2.75) is 31.7 Å². The molecule has 1 aliphatic rings. The van der Waals surface area contributed by atoms with Crippen LogP contribution in [0.2, 0.25) is 0 Å². The van der Waals surface area contributed by atoms with Gasteiger partial charge in [-0.2, -0.15) is 4.31 Å². The Labute approximate surface area is 107 Å². The highest BCUT2D eigenvalue weighted by atomic mass is 79.9. The lowest BCUT2D eigenvalue weighted by Gasteiger charge is -2.36. The third-order valence-electron chi connectivity index (χ3n) is 2.89. The van der Waals surface area contributed by atoms with E-state index in [-0.39, 0.29) is 11.8 Å². The quantitative estimate of drug-likeness (QED) is 0.505. The van der Waals surface area contributed by atoms with Crippen LogP contribution in [0.1, 0.15) is 25.7 Å². The monoisotopic (exact) mass is 313 g/mol. The fourth-order valence-corrected chi connectivity index (χ4v) is 4.18. The molecule has 1 rings (SSSR count). The molecule has 0 aromatic heterocycles. The molecular weight excluding hydrogens is 294 g/mol. The summed E-state index contributed by atoms with van der Waals surface area (Å²) in [5.41, 5.74) is 0. The summed E-state index contributed by atoms with van der Waals surface area (Å²) in [4.78, 5) is 0. The van der Waals surface area contributed by atoms with Gasteiger partial charge in [-0.05, 0) is 19.3 Å². The van der Waals surface area contributed by atoms with Gasteiger partial charge in [0.15, 0.2) is 0 Å². The fourth-order valence-electron chi connectivity index (χ4n) is 1.81. The molecule has 0 radical (unpaired) electrons. The summed E-state index contributed by atoms with van der Waals surface area (Å²) >= 11 is 3.32. The van der Waals surface area contributed by atoms with Crippen LogP contribution in [0.15, 0.2) is 0 Å². The highest BCUT2D eigenvalue weighted by Gasteiger charge is 2.32. The molecule has 6 heteroatoms. The molecule has 0 unspecified atom stereocenters. The van der Waals surface area contributed by atoms with E-state index < -0.39 is 10.0 Å². The van der Waals surface area contributed by atoms with E-state index in [0.29, 0.717) is 24.9 Å². The topological polar surface area (TPSA) is 46.6 Å². The Bertz CT molecular complexity index is 290. The number of nitrogens with zero attached hydrogens (tertiary/aromatic N) is 1. The third-order valence-corrected chi connectivity index (χ3v) is 5.25. The lowest BCUT2D eigenvalue weighted by molar-refractivity contribution is 0.197. The first-order chi connectivity index (χ1) is 7.61. The second kappa shape index (κ2) is 6.93. The van der Waals surface area contributed by atoms with Crippen LogP contribution in [0.3, 0.4) is 0 Å². The lowest BCUT2D eigenvalue weighted by atomic mass is 9.93. The van der Waals surface area contributed by atoms with Gasteiger partial charge in [0.05, 0.1) is 5.75 Å². The van der Waals surface area contributed by atoms with E-state index >= 15 is 0 Å². The molecule has 0 atom stereocenters. The fraction of sp³-hybridized carbons (Fsp3) is 1.00. The highest BCUT2D eigenvalue weighted by Crippen LogP contribution is 2.27. The van der Waals surface area contributed by atoms with Crippen molar-refractivity contribution in [3.05, 3.63) is 0 Å². The van der Waals surface area contributed by atoms with Crippen molar-refractivity contribution >= 4 is 26.0 Å². The minimum Gasteiger partial charge on any atom is -0.385 e. The molecule has 0 saturated heterocycles. The zero-order valence-electron chi connectivity index (χ0n) is 9.69. The number of hydrogen-bond donors (Lipinski definition) is 0. The van der Waals surface area contributed by atoms with Crippen molar-refractivity contribution in [3.63, 3.8) is 0 Å². The molecule has 96 valence electrons. The second-order valence-corrected chi connectivity index (χ2v) is 6.88. The van der Waals surface area contributed by atoms with Gasteiger partial charge in [0, 0.05) is 31.6 Å². The molecular formula is C10H20BrNO3S. The van der Waals surface area contributed by atoms with Crippen LogP contribution in [0.4, 0.5) is 0 Å². The Kier molecular flexibility index (Phi) is 6.25. The van der Waals surface area contributed by atoms with Crippen molar-refractivity contribution in [2.24, 2.45) is 0 Å². The Hall–Kier alpha value is 0.350. The molecule has 0 aromatic rings. The van der Waals surface area contributed by atoms with Crippen LogP contribution in [-0.2, 0) is 14.8 Å². The molecule has 1 saturated carbocycles. The summed E-state index contributed by atoms with van der Waals surface area (Å²) in [5, 5.41) is 0.701. The average Bonchev–Trinajstić information content (AvgIpc) is 2.14. The van der Waals surface area contributed by atoms with Gasteiger partial charge in [-0.25, -0.2) is 8.42 Å². The number of ether oxygens (including phenoxy) is 1. The molecule has 0 amide bonds. The number of hydrogen-bond acceptors (Lipinski definition) is 3. The van der Waals surface area contributed by atoms with Crippen molar-refractivity contribution in [1.29, 1.82) is 0 Å². The minimum atomic E-state index is -3.09. The number of methoxy groups -OCH3 is 1. The maximum Gasteiger partial charge on any atom is 0.214 e. The number of halogens is 1. The Morgan fingerprint density at radius 3 is 2.56 bits per heavy atom. The molecule has 1 fully saturated rings. The predicted octanol–water partition coefficient (Wildman–Crippen LogP) is 1.60. The Morgan fingerprint density at radius 1 is 1.44 bits per heavy atom. The Morgan fingerprint density at radius 2 is 2.12 bits per heavy atom. The smallest absolute Gasteiger partial charge is 0.214 e. The first-order valence-electron chi connectivity index (χ1n) is 5.66. The standard InChI is InChI=1S/C10H20BrNO3S/c1-15-8-3-9-16(13,14)12(7-6-11)10-4-2-5-10/h10H,2-9H2,1H3. The van der Waals surface area contributed by atoms with Crippen LogP contribution in [0, 0.1) is 0 Å². The molecule has 0 N–H and O–H groups in total. The van der Waals surface area contributed by atoms with E-state index in [9.17, 15) is 8.42 Å². The molecule has 0 bridgehead atoms. The average molecular weight is 314 g/mol. The van der Waals surface area contributed by atoms with Gasteiger partial charge in [0.2, 0.25) is 10.0 Å². The molecule has 4 nitrogen and oxygen atoms in total. The van der Waals surface area contributed by atoms with E-state index in [1.807, 2.05) is 0 Å². The zero-order valence-corrected chi connectivity index (χ0v) is 12.1. The molecule has 1 aliphatic carbocycles. The van der Waals surface area contributed by atoms with Crippen LogP contribution < -0.4 is 0 Å². The Balaban J connectivity index is 2.53. The van der Waals surface area contributed by atoms with Crippen LogP contribution in [0.5, 0.6) is 0 Å². The largest absolute Gasteiger partial charge is 0.385 e. The van der Waals surface area contributed by atoms with Crippen LogP contribution in [0.25, 0.3) is 0 Å². The first kappa shape index (κ1) is 14.4. The molecule has 16 heavy (non-hydrogen) atoms. The summed E-state index contributed by atoms with van der Waals surface area (Å²) in [6, 6.07) is 0.241. The van der Waals surface area contributed by atoms with Crippen molar-refractivity contribution < 1.29 is 13.2 Å². The van der Waals surface area contributed by atoms with Gasteiger partial charge in [0.1, 0.15) is 0 Å². The summed E-state index contributed by atoms with van der Waals surface area (Å²) in [6.45, 7) is 1.09. The molecule has 0 spiro atoms. The molecule has 0 heterocycles. The summed E-state index contributed by atoms with van der Waals surface area (Å²) in [6.07, 6.45) is 3.74. The third kappa shape index (κ3) is 3.98. The zero-order chi connectivity index (χ0) is 12.0. The summed E-state index contributed by atoms with van der Waals surface area (Å²) < 4.78 is 30.7. The van der Waals surface area contributed by atoms with Crippen molar-refractivity contribution in [3.8, 4) is 0 Å². The van der Waals surface area contributed by atoms with E-state index in [0.717, 1.165) is 19.3 Å². The maximum atomic E-state index is 12.1. The van der Waals surface area contributed by atoms with Gasteiger partial charge in [-0.1, -0.05) is 22.4 Å². The van der Waals surface area contributed by atoms with Crippen LogP contribution in [-0.4, -0.2) is 50.1 Å². The predicted molar refractivity (Wildman–Crippen MR) is 68.4 cm³/mol. The van der Waals surface area contributed by atoms with Crippen molar-refractivity contribution in [1.82, 2.24) is 4.31 Å². The van der Waals surface area contributed by atoms with Crippen molar-refractivity contribution in [2.75, 3.05) is 31.3 Å². The van der Waals surface area contributed by atoms with Gasteiger partial charge < -0.3 is 4.74 Å². The minimum absolute atomic E-state index is 0.199. The van der Waals surface area contributed by atoms with E-state index in [1.54, 1.807) is 11.4 Å². The molecule has 0 aliphatic heterocycles. The summed E-state index contributed by atoms with van der Waals surface area (Å²) in [5.74, 6) is 0.199. The highest BCUT2D eigenvalue weighted by molar-refractivity contribution is 9.09. The first-order valence-corrected chi connectivity index (χ1v) is 8.39. The van der Waals surface area contributed by atoms with E-state index in [2.05, 4.69) is 15.9 Å². The lowest BCUT2D eigenvalue weighted by Crippen LogP contribution is -2.46. The van der Waals surface area contributed by atoms with Crippen LogP contribution >= 0.6 is 15.9 Å². The van der Waals surface area contributed by atoms with E-state index in [1.165, 1.54) is 0 Å². The number of alkyl halides is 1. The number of sulfonamides is 1. The summed E-state index contributed by atoms with van der Waals surface area (Å²) in [7, 11) is -1.50. The maximum absolute atomic E-state index is 12.1. The number of rotatable bonds is 8. The normalized spacial score (nSPS) is 17.7. The second-order valence-electron chi connectivity index (χ2n) is 4.05. The van der Waals surface area contributed by atoms with Gasteiger partial charge in [-0.15, -0.1) is 0 Å². The SMILES string of the molecule is COCCCS(=O)(=O)N(CCBr)C1CCC1. The van der Waals surface area contributed by atoms with Gasteiger partial charge in [-0.3, -0.25) is 0 Å². The van der Waals surface area contributed by atoms with Gasteiger partial charge in [0.25, 0.3) is 0 Å².